The van der Waals surface area contributed by atoms with Gasteiger partial charge in [0.15, 0.2) is 0 Å². The van der Waals surface area contributed by atoms with E-state index in [9.17, 15) is 0 Å². The molecule has 0 aliphatic rings. The third kappa shape index (κ3) is 4.96. The van der Waals surface area contributed by atoms with Crippen molar-refractivity contribution in [3.05, 3.63) is 56.7 Å². The normalized spacial score (nSPS) is 10.8. The molecule has 1 aromatic carbocycles. The van der Waals surface area contributed by atoms with Gasteiger partial charge in [-0.25, -0.2) is 0 Å². The van der Waals surface area contributed by atoms with Crippen LogP contribution in [0.1, 0.15) is 16.0 Å². The predicted molar refractivity (Wildman–Crippen MR) is 81.9 cm³/mol. The van der Waals surface area contributed by atoms with E-state index in [1.54, 1.807) is 11.3 Å². The van der Waals surface area contributed by atoms with Crippen molar-refractivity contribution in [2.45, 2.75) is 20.1 Å². The average Bonchev–Trinajstić information content (AvgIpc) is 2.79. The maximum absolute atomic E-state index is 5.91. The second-order valence-electron chi connectivity index (χ2n) is 4.39. The van der Waals surface area contributed by atoms with Gasteiger partial charge in [0, 0.05) is 23.0 Å². The van der Waals surface area contributed by atoms with E-state index >= 15 is 0 Å². The fraction of sp³-hybridized carbons (Fsp3) is 0.333. The Hall–Kier alpha value is -0.870. The molecule has 0 radical (unpaired) electrons. The van der Waals surface area contributed by atoms with Gasteiger partial charge in [0.05, 0.1) is 13.2 Å². The van der Waals surface area contributed by atoms with Crippen LogP contribution in [0.5, 0.6) is 0 Å². The Kier molecular flexibility index (Phi) is 5.86. The van der Waals surface area contributed by atoms with Crippen LogP contribution in [0.4, 0.5) is 0 Å². The van der Waals surface area contributed by atoms with E-state index in [0.29, 0.717) is 13.2 Å². The molecule has 2 aromatic rings. The van der Waals surface area contributed by atoms with Gasteiger partial charge in [-0.15, -0.1) is 11.3 Å². The van der Waals surface area contributed by atoms with Gasteiger partial charge < -0.3 is 10.1 Å². The number of hydrogen-bond donors (Lipinski definition) is 1. The molecular formula is C15H18ClNOS. The van der Waals surface area contributed by atoms with Gasteiger partial charge in [-0.2, -0.15) is 0 Å². The lowest BCUT2D eigenvalue weighted by molar-refractivity contribution is 0.122. The smallest absolute Gasteiger partial charge is 0.0718 e. The van der Waals surface area contributed by atoms with Crippen molar-refractivity contribution < 1.29 is 4.74 Å². The SMILES string of the molecule is Cc1ccsc1CNCCOCc1cccc(Cl)c1. The molecule has 0 atom stereocenters. The molecule has 0 unspecified atom stereocenters. The van der Waals surface area contributed by atoms with E-state index < -0.39 is 0 Å². The summed E-state index contributed by atoms with van der Waals surface area (Å²) in [5.74, 6) is 0. The highest BCUT2D eigenvalue weighted by Crippen LogP contribution is 2.14. The van der Waals surface area contributed by atoms with Crippen LogP contribution in [0.15, 0.2) is 35.7 Å². The maximum Gasteiger partial charge on any atom is 0.0718 e. The summed E-state index contributed by atoms with van der Waals surface area (Å²) in [6.45, 7) is 5.24. The molecule has 4 heteroatoms. The van der Waals surface area contributed by atoms with Crippen molar-refractivity contribution in [1.82, 2.24) is 5.32 Å². The highest BCUT2D eigenvalue weighted by molar-refractivity contribution is 7.10. The largest absolute Gasteiger partial charge is 0.375 e. The monoisotopic (exact) mass is 295 g/mol. The minimum atomic E-state index is 0.611. The highest BCUT2D eigenvalue weighted by Gasteiger charge is 1.99. The number of aryl methyl sites for hydroxylation is 1. The third-order valence-electron chi connectivity index (χ3n) is 2.83. The maximum atomic E-state index is 5.91. The first-order valence-electron chi connectivity index (χ1n) is 6.31. The van der Waals surface area contributed by atoms with E-state index in [1.807, 2.05) is 24.3 Å². The van der Waals surface area contributed by atoms with E-state index in [-0.39, 0.29) is 0 Å². The van der Waals surface area contributed by atoms with E-state index in [4.69, 9.17) is 16.3 Å². The second kappa shape index (κ2) is 7.65. The number of halogens is 1. The van der Waals surface area contributed by atoms with Crippen molar-refractivity contribution >= 4 is 22.9 Å². The standard InChI is InChI=1S/C15H18ClNOS/c1-12-5-8-19-15(12)10-17-6-7-18-11-13-3-2-4-14(16)9-13/h2-5,8-9,17H,6-7,10-11H2,1H3. The van der Waals surface area contributed by atoms with Crippen LogP contribution in [0.25, 0.3) is 0 Å². The Labute approximate surface area is 123 Å². The van der Waals surface area contributed by atoms with Gasteiger partial charge in [0.1, 0.15) is 0 Å². The first-order valence-corrected chi connectivity index (χ1v) is 7.57. The van der Waals surface area contributed by atoms with Gasteiger partial charge >= 0.3 is 0 Å². The van der Waals surface area contributed by atoms with E-state index in [1.165, 1.54) is 10.4 Å². The van der Waals surface area contributed by atoms with Gasteiger partial charge in [-0.05, 0) is 41.6 Å². The van der Waals surface area contributed by atoms with Gasteiger partial charge in [0.2, 0.25) is 0 Å². The molecule has 1 N–H and O–H groups in total. The second-order valence-corrected chi connectivity index (χ2v) is 5.82. The average molecular weight is 296 g/mol. The summed E-state index contributed by atoms with van der Waals surface area (Å²) in [5.41, 5.74) is 2.47. The Balaban J connectivity index is 1.59. The molecule has 0 aliphatic carbocycles. The van der Waals surface area contributed by atoms with Crippen LogP contribution < -0.4 is 5.32 Å². The summed E-state index contributed by atoms with van der Waals surface area (Å²) in [6, 6.07) is 9.92. The van der Waals surface area contributed by atoms with Gasteiger partial charge in [0.25, 0.3) is 0 Å². The number of ether oxygens (including phenoxy) is 1. The zero-order valence-corrected chi connectivity index (χ0v) is 12.6. The molecule has 0 saturated heterocycles. The first-order chi connectivity index (χ1) is 9.25. The zero-order valence-electron chi connectivity index (χ0n) is 11.0. The minimum Gasteiger partial charge on any atom is -0.375 e. The molecule has 1 aromatic heterocycles. The molecule has 2 nitrogen and oxygen atoms in total. The van der Waals surface area contributed by atoms with Crippen molar-refractivity contribution in [2.24, 2.45) is 0 Å². The van der Waals surface area contributed by atoms with Crippen LogP contribution in [0.3, 0.4) is 0 Å². The summed E-state index contributed by atoms with van der Waals surface area (Å²) in [6.07, 6.45) is 0. The van der Waals surface area contributed by atoms with Crippen molar-refractivity contribution in [1.29, 1.82) is 0 Å². The van der Waals surface area contributed by atoms with Crippen LogP contribution >= 0.6 is 22.9 Å². The Bertz CT molecular complexity index is 512. The predicted octanol–water partition coefficient (Wildman–Crippen LogP) is 4.02. The fourth-order valence-electron chi connectivity index (χ4n) is 1.75. The molecule has 0 aliphatic heterocycles. The third-order valence-corrected chi connectivity index (χ3v) is 4.09. The number of benzene rings is 1. The minimum absolute atomic E-state index is 0.611. The lowest BCUT2D eigenvalue weighted by atomic mass is 10.2. The lowest BCUT2D eigenvalue weighted by Gasteiger charge is -2.06. The Morgan fingerprint density at radius 3 is 2.95 bits per heavy atom. The molecule has 2 rings (SSSR count). The topological polar surface area (TPSA) is 21.3 Å². The number of hydrogen-bond acceptors (Lipinski definition) is 3. The number of nitrogens with one attached hydrogen (secondary N) is 1. The van der Waals surface area contributed by atoms with Crippen molar-refractivity contribution in [3.63, 3.8) is 0 Å². The molecular weight excluding hydrogens is 278 g/mol. The molecule has 0 spiro atoms. The van der Waals surface area contributed by atoms with Crippen LogP contribution in [-0.2, 0) is 17.9 Å². The summed E-state index contributed by atoms with van der Waals surface area (Å²) >= 11 is 7.71. The Morgan fingerprint density at radius 1 is 1.32 bits per heavy atom. The molecule has 0 bridgehead atoms. The zero-order chi connectivity index (χ0) is 13.5. The summed E-state index contributed by atoms with van der Waals surface area (Å²) in [4.78, 5) is 1.40. The number of rotatable bonds is 7. The van der Waals surface area contributed by atoms with E-state index in [2.05, 4.69) is 23.7 Å². The summed E-state index contributed by atoms with van der Waals surface area (Å²) < 4.78 is 5.61. The number of thiophene rings is 1. The van der Waals surface area contributed by atoms with Crippen molar-refractivity contribution in [3.8, 4) is 0 Å². The van der Waals surface area contributed by atoms with Gasteiger partial charge in [-0.1, -0.05) is 23.7 Å². The molecule has 0 saturated carbocycles. The first kappa shape index (κ1) is 14.5. The molecule has 1 heterocycles. The molecule has 0 fully saturated rings. The van der Waals surface area contributed by atoms with Gasteiger partial charge in [-0.3, -0.25) is 0 Å². The molecule has 19 heavy (non-hydrogen) atoms. The molecule has 102 valence electrons. The molecule has 0 amide bonds. The van der Waals surface area contributed by atoms with E-state index in [0.717, 1.165) is 23.7 Å². The van der Waals surface area contributed by atoms with Crippen LogP contribution in [-0.4, -0.2) is 13.2 Å². The fourth-order valence-corrected chi connectivity index (χ4v) is 2.84. The van der Waals surface area contributed by atoms with Crippen LogP contribution in [0, 0.1) is 6.92 Å². The summed E-state index contributed by atoms with van der Waals surface area (Å²) in [5, 5.41) is 6.27. The lowest BCUT2D eigenvalue weighted by Crippen LogP contribution is -2.19. The highest BCUT2D eigenvalue weighted by atomic mass is 35.5. The Morgan fingerprint density at radius 2 is 2.21 bits per heavy atom. The summed E-state index contributed by atoms with van der Waals surface area (Å²) in [7, 11) is 0. The van der Waals surface area contributed by atoms with Crippen molar-refractivity contribution in [2.75, 3.05) is 13.2 Å². The quantitative estimate of drug-likeness (QED) is 0.779. The van der Waals surface area contributed by atoms with Crippen LogP contribution in [0.2, 0.25) is 5.02 Å².